The monoisotopic (exact) mass is 332 g/mol. The Labute approximate surface area is 144 Å². The summed E-state index contributed by atoms with van der Waals surface area (Å²) in [6.45, 7) is 5.69. The van der Waals surface area contributed by atoms with Crippen molar-refractivity contribution in [1.29, 1.82) is 0 Å². The normalized spacial score (nSPS) is 19.0. The zero-order chi connectivity index (χ0) is 17.7. The average Bonchev–Trinajstić information content (AvgIpc) is 2.59. The van der Waals surface area contributed by atoms with Crippen LogP contribution in [0.4, 0.5) is 0 Å². The summed E-state index contributed by atoms with van der Waals surface area (Å²) < 4.78 is 0. The summed E-state index contributed by atoms with van der Waals surface area (Å²) in [5.74, 6) is 0.319. The molecular weight excluding hydrogens is 304 g/mol. The Balaban J connectivity index is 1.96. The Hall–Kier alpha value is -2.04. The zero-order valence-electron chi connectivity index (χ0n) is 14.9. The van der Waals surface area contributed by atoms with E-state index in [1.807, 2.05) is 24.8 Å². The maximum atomic E-state index is 12.7. The molecule has 0 saturated carbocycles. The molecule has 1 aliphatic heterocycles. The molecule has 0 bridgehead atoms. The summed E-state index contributed by atoms with van der Waals surface area (Å²) >= 11 is 0. The van der Waals surface area contributed by atoms with Gasteiger partial charge < -0.3 is 14.9 Å². The lowest BCUT2D eigenvalue weighted by molar-refractivity contribution is -0.142. The van der Waals surface area contributed by atoms with Crippen molar-refractivity contribution in [2.75, 3.05) is 20.1 Å². The first-order chi connectivity index (χ1) is 11.4. The Morgan fingerprint density at radius 2 is 2.17 bits per heavy atom. The van der Waals surface area contributed by atoms with Gasteiger partial charge in [0, 0.05) is 32.6 Å². The molecule has 0 aliphatic carbocycles. The standard InChI is InChI=1S/C19H28N2O3/c1-4-14(2)18(23)21-10-6-8-16(13-21)19(24)20(3)12-15-7-5-9-17(22)11-15/h5,7,9,11,14,16,22H,4,6,8,10,12-13H2,1-3H3/t14-,16+/m1/s1. The summed E-state index contributed by atoms with van der Waals surface area (Å²) in [4.78, 5) is 28.6. The van der Waals surface area contributed by atoms with E-state index in [-0.39, 0.29) is 29.4 Å². The lowest BCUT2D eigenvalue weighted by atomic mass is 9.95. The molecule has 2 amide bonds. The Morgan fingerprint density at radius 1 is 1.42 bits per heavy atom. The van der Waals surface area contributed by atoms with E-state index in [9.17, 15) is 14.7 Å². The highest BCUT2D eigenvalue weighted by molar-refractivity contribution is 5.82. The van der Waals surface area contributed by atoms with Gasteiger partial charge in [0.15, 0.2) is 0 Å². The summed E-state index contributed by atoms with van der Waals surface area (Å²) in [6.07, 6.45) is 2.53. The first kappa shape index (κ1) is 18.3. The summed E-state index contributed by atoms with van der Waals surface area (Å²) in [5, 5.41) is 9.54. The van der Waals surface area contributed by atoms with Crippen LogP contribution in [0.5, 0.6) is 5.75 Å². The number of nitrogens with zero attached hydrogens (tertiary/aromatic N) is 2. The van der Waals surface area contributed by atoms with E-state index >= 15 is 0 Å². The fourth-order valence-electron chi connectivity index (χ4n) is 3.18. The Bertz CT molecular complexity index is 588. The number of carbonyl (C=O) groups is 2. The van der Waals surface area contributed by atoms with Crippen molar-refractivity contribution < 1.29 is 14.7 Å². The minimum Gasteiger partial charge on any atom is -0.508 e. The number of aromatic hydroxyl groups is 1. The molecule has 1 heterocycles. The van der Waals surface area contributed by atoms with Crippen LogP contribution in [-0.2, 0) is 16.1 Å². The fourth-order valence-corrected chi connectivity index (χ4v) is 3.18. The van der Waals surface area contributed by atoms with Crippen molar-refractivity contribution in [2.45, 2.75) is 39.7 Å². The summed E-state index contributed by atoms with van der Waals surface area (Å²) in [5.41, 5.74) is 0.897. The lowest BCUT2D eigenvalue weighted by Gasteiger charge is -2.35. The van der Waals surface area contributed by atoms with E-state index in [1.165, 1.54) is 0 Å². The third-order valence-electron chi connectivity index (χ3n) is 4.82. The van der Waals surface area contributed by atoms with E-state index < -0.39 is 0 Å². The van der Waals surface area contributed by atoms with Crippen molar-refractivity contribution in [3.05, 3.63) is 29.8 Å². The first-order valence-electron chi connectivity index (χ1n) is 8.74. The molecule has 5 nitrogen and oxygen atoms in total. The number of rotatable bonds is 5. The minimum atomic E-state index is -0.130. The van der Waals surface area contributed by atoms with Gasteiger partial charge in [-0.1, -0.05) is 26.0 Å². The van der Waals surface area contributed by atoms with Crippen molar-refractivity contribution >= 4 is 11.8 Å². The second kappa shape index (κ2) is 8.18. The second-order valence-corrected chi connectivity index (χ2v) is 6.80. The number of piperidine rings is 1. The molecular formula is C19H28N2O3. The number of hydrogen-bond donors (Lipinski definition) is 1. The van der Waals surface area contributed by atoms with Gasteiger partial charge >= 0.3 is 0 Å². The van der Waals surface area contributed by atoms with Gasteiger partial charge in [0.2, 0.25) is 11.8 Å². The first-order valence-corrected chi connectivity index (χ1v) is 8.74. The molecule has 132 valence electrons. The second-order valence-electron chi connectivity index (χ2n) is 6.80. The molecule has 0 radical (unpaired) electrons. The van der Waals surface area contributed by atoms with Gasteiger partial charge in [-0.25, -0.2) is 0 Å². The number of phenols is 1. The fraction of sp³-hybridized carbons (Fsp3) is 0.579. The molecule has 1 aromatic carbocycles. The molecule has 24 heavy (non-hydrogen) atoms. The molecule has 0 unspecified atom stereocenters. The molecule has 1 fully saturated rings. The van der Waals surface area contributed by atoms with E-state index in [0.29, 0.717) is 13.1 Å². The molecule has 1 aromatic rings. The van der Waals surface area contributed by atoms with Gasteiger partial charge in [-0.15, -0.1) is 0 Å². The predicted octanol–water partition coefficient (Wildman–Crippen LogP) is 2.64. The quantitative estimate of drug-likeness (QED) is 0.902. The smallest absolute Gasteiger partial charge is 0.227 e. The van der Waals surface area contributed by atoms with Gasteiger partial charge in [-0.2, -0.15) is 0 Å². The molecule has 2 rings (SSSR count). The predicted molar refractivity (Wildman–Crippen MR) is 93.3 cm³/mol. The van der Waals surface area contributed by atoms with Crippen LogP contribution in [0.15, 0.2) is 24.3 Å². The van der Waals surface area contributed by atoms with Crippen molar-refractivity contribution in [3.63, 3.8) is 0 Å². The van der Waals surface area contributed by atoms with Crippen LogP contribution in [0.25, 0.3) is 0 Å². The highest BCUT2D eigenvalue weighted by atomic mass is 16.3. The highest BCUT2D eigenvalue weighted by Crippen LogP contribution is 2.22. The molecule has 1 saturated heterocycles. The molecule has 2 atom stereocenters. The van der Waals surface area contributed by atoms with Gasteiger partial charge in [0.1, 0.15) is 5.75 Å². The van der Waals surface area contributed by atoms with Crippen LogP contribution in [0.1, 0.15) is 38.7 Å². The van der Waals surface area contributed by atoms with Crippen molar-refractivity contribution in [2.24, 2.45) is 11.8 Å². The van der Waals surface area contributed by atoms with Gasteiger partial charge in [0.25, 0.3) is 0 Å². The zero-order valence-corrected chi connectivity index (χ0v) is 14.9. The molecule has 0 spiro atoms. The van der Waals surface area contributed by atoms with E-state index in [1.54, 1.807) is 30.1 Å². The molecule has 5 heteroatoms. The van der Waals surface area contributed by atoms with E-state index in [4.69, 9.17) is 0 Å². The maximum Gasteiger partial charge on any atom is 0.227 e. The van der Waals surface area contributed by atoms with Crippen LogP contribution < -0.4 is 0 Å². The SMILES string of the molecule is CC[C@@H](C)C(=O)N1CCC[C@H](C(=O)N(C)Cc2cccc(O)c2)C1. The molecule has 1 aliphatic rings. The Kier molecular flexibility index (Phi) is 6.23. The van der Waals surface area contributed by atoms with Gasteiger partial charge in [-0.3, -0.25) is 9.59 Å². The average molecular weight is 332 g/mol. The maximum absolute atomic E-state index is 12.7. The van der Waals surface area contributed by atoms with Crippen LogP contribution in [0, 0.1) is 11.8 Å². The van der Waals surface area contributed by atoms with Crippen LogP contribution in [-0.4, -0.2) is 46.9 Å². The molecule has 0 aromatic heterocycles. The number of likely N-dealkylation sites (tertiary alicyclic amines) is 1. The summed E-state index contributed by atoms with van der Waals surface area (Å²) in [6, 6.07) is 6.95. The Morgan fingerprint density at radius 3 is 2.83 bits per heavy atom. The van der Waals surface area contributed by atoms with E-state index in [0.717, 1.165) is 31.4 Å². The summed E-state index contributed by atoms with van der Waals surface area (Å²) in [7, 11) is 1.78. The third-order valence-corrected chi connectivity index (χ3v) is 4.82. The highest BCUT2D eigenvalue weighted by Gasteiger charge is 2.31. The number of amides is 2. The topological polar surface area (TPSA) is 60.9 Å². The van der Waals surface area contributed by atoms with E-state index in [2.05, 4.69) is 0 Å². The third kappa shape index (κ3) is 4.49. The number of hydrogen-bond acceptors (Lipinski definition) is 3. The lowest BCUT2D eigenvalue weighted by Crippen LogP contribution is -2.47. The molecule has 1 N–H and O–H groups in total. The van der Waals surface area contributed by atoms with Crippen molar-refractivity contribution in [1.82, 2.24) is 9.80 Å². The van der Waals surface area contributed by atoms with Crippen LogP contribution >= 0.6 is 0 Å². The van der Waals surface area contributed by atoms with Gasteiger partial charge in [0.05, 0.1) is 5.92 Å². The number of phenolic OH excluding ortho intramolecular Hbond substituents is 1. The van der Waals surface area contributed by atoms with Crippen LogP contribution in [0.2, 0.25) is 0 Å². The van der Waals surface area contributed by atoms with Crippen molar-refractivity contribution in [3.8, 4) is 5.75 Å². The van der Waals surface area contributed by atoms with Gasteiger partial charge in [-0.05, 0) is 37.0 Å². The minimum absolute atomic E-state index is 0.0175. The van der Waals surface area contributed by atoms with Crippen LogP contribution in [0.3, 0.4) is 0 Å². The largest absolute Gasteiger partial charge is 0.508 e. The number of carbonyl (C=O) groups excluding carboxylic acids is 2. The number of benzene rings is 1.